The molecule has 2 rings (SSSR count). The zero-order valence-corrected chi connectivity index (χ0v) is 11.0. The molecule has 1 atom stereocenters. The van der Waals surface area contributed by atoms with E-state index in [1.807, 2.05) is 6.92 Å². The molecule has 1 aliphatic rings. The highest BCUT2D eigenvalue weighted by Crippen LogP contribution is 2.32. The average Bonchev–Trinajstić information content (AvgIpc) is 2.74. The lowest BCUT2D eigenvalue weighted by molar-refractivity contribution is -0.119. The molecule has 1 aliphatic heterocycles. The summed E-state index contributed by atoms with van der Waals surface area (Å²) >= 11 is 1.53. The molecular weight excluding hydrogens is 222 g/mol. The topological polar surface area (TPSA) is 46.1 Å². The number of carbonyl (C=O) groups excluding carboxylic acids is 1. The van der Waals surface area contributed by atoms with Crippen molar-refractivity contribution in [2.75, 3.05) is 11.4 Å². The normalized spacial score (nSPS) is 21.9. The average molecular weight is 239 g/mol. The SMILES string of the molecule is CC1CCN(c2nnc(C(C)(C)C)s2)C1=O. The highest BCUT2D eigenvalue weighted by molar-refractivity contribution is 7.15. The molecule has 0 aromatic carbocycles. The Labute approximate surface area is 99.7 Å². The first-order valence-corrected chi connectivity index (χ1v) is 6.36. The van der Waals surface area contributed by atoms with Crippen LogP contribution in [0.15, 0.2) is 0 Å². The Morgan fingerprint density at radius 3 is 2.50 bits per heavy atom. The third kappa shape index (κ3) is 1.96. The minimum absolute atomic E-state index is 0.00427. The number of amides is 1. The molecule has 88 valence electrons. The highest BCUT2D eigenvalue weighted by Gasteiger charge is 2.32. The fourth-order valence-corrected chi connectivity index (χ4v) is 2.57. The molecule has 0 saturated carbocycles. The Morgan fingerprint density at radius 2 is 2.06 bits per heavy atom. The van der Waals surface area contributed by atoms with Gasteiger partial charge in [-0.25, -0.2) is 0 Å². The number of carbonyl (C=O) groups is 1. The number of nitrogens with zero attached hydrogens (tertiary/aromatic N) is 3. The summed E-state index contributed by atoms with van der Waals surface area (Å²) in [6, 6.07) is 0. The van der Waals surface area contributed by atoms with Crippen LogP contribution in [0.25, 0.3) is 0 Å². The summed E-state index contributed by atoms with van der Waals surface area (Å²) in [5.41, 5.74) is 0.00427. The minimum atomic E-state index is 0.00427. The van der Waals surface area contributed by atoms with Crippen molar-refractivity contribution in [1.29, 1.82) is 0 Å². The number of aromatic nitrogens is 2. The van der Waals surface area contributed by atoms with Crippen LogP contribution in [-0.2, 0) is 10.2 Å². The number of anilines is 1. The van der Waals surface area contributed by atoms with Gasteiger partial charge in [-0.2, -0.15) is 0 Å². The van der Waals surface area contributed by atoms with Crippen LogP contribution in [0.4, 0.5) is 5.13 Å². The van der Waals surface area contributed by atoms with Gasteiger partial charge in [0.05, 0.1) is 0 Å². The van der Waals surface area contributed by atoms with E-state index in [9.17, 15) is 4.79 Å². The first kappa shape index (κ1) is 11.5. The molecule has 4 nitrogen and oxygen atoms in total. The largest absolute Gasteiger partial charge is 0.286 e. The van der Waals surface area contributed by atoms with Crippen molar-refractivity contribution in [1.82, 2.24) is 10.2 Å². The predicted molar refractivity (Wildman–Crippen MR) is 64.7 cm³/mol. The molecule has 1 unspecified atom stereocenters. The van der Waals surface area contributed by atoms with E-state index in [0.717, 1.165) is 23.1 Å². The molecule has 5 heteroatoms. The summed E-state index contributed by atoms with van der Waals surface area (Å²) in [6.07, 6.45) is 0.920. The van der Waals surface area contributed by atoms with Gasteiger partial charge in [-0.1, -0.05) is 39.0 Å². The maximum Gasteiger partial charge on any atom is 0.231 e. The lowest BCUT2D eigenvalue weighted by atomic mass is 9.98. The van der Waals surface area contributed by atoms with Crippen LogP contribution < -0.4 is 4.90 Å². The molecule has 16 heavy (non-hydrogen) atoms. The third-order valence-electron chi connectivity index (χ3n) is 2.76. The fraction of sp³-hybridized carbons (Fsp3) is 0.727. The van der Waals surface area contributed by atoms with Crippen molar-refractivity contribution < 1.29 is 4.79 Å². The second kappa shape index (κ2) is 3.80. The van der Waals surface area contributed by atoms with Crippen molar-refractivity contribution in [3.05, 3.63) is 5.01 Å². The van der Waals surface area contributed by atoms with Gasteiger partial charge in [0.1, 0.15) is 5.01 Å². The molecule has 2 heterocycles. The molecule has 0 N–H and O–H groups in total. The van der Waals surface area contributed by atoms with Crippen molar-refractivity contribution in [3.8, 4) is 0 Å². The van der Waals surface area contributed by atoms with Crippen molar-refractivity contribution in [3.63, 3.8) is 0 Å². The summed E-state index contributed by atoms with van der Waals surface area (Å²) in [4.78, 5) is 13.6. The number of hydrogen-bond acceptors (Lipinski definition) is 4. The van der Waals surface area contributed by atoms with Crippen LogP contribution in [0.2, 0.25) is 0 Å². The zero-order chi connectivity index (χ0) is 11.9. The second-order valence-electron chi connectivity index (χ2n) is 5.32. The second-order valence-corrected chi connectivity index (χ2v) is 6.28. The number of rotatable bonds is 1. The Bertz CT molecular complexity index is 408. The zero-order valence-electron chi connectivity index (χ0n) is 10.1. The summed E-state index contributed by atoms with van der Waals surface area (Å²) in [6.45, 7) is 9.05. The molecule has 1 aromatic rings. The van der Waals surface area contributed by atoms with E-state index in [2.05, 4.69) is 31.0 Å². The van der Waals surface area contributed by atoms with Crippen LogP contribution in [0.3, 0.4) is 0 Å². The van der Waals surface area contributed by atoms with Gasteiger partial charge in [-0.05, 0) is 6.42 Å². The monoisotopic (exact) mass is 239 g/mol. The van der Waals surface area contributed by atoms with Gasteiger partial charge < -0.3 is 0 Å². The van der Waals surface area contributed by atoms with Crippen molar-refractivity contribution >= 4 is 22.4 Å². The molecule has 1 amide bonds. The molecule has 0 aliphatic carbocycles. The molecule has 0 bridgehead atoms. The first-order valence-electron chi connectivity index (χ1n) is 5.55. The van der Waals surface area contributed by atoms with Gasteiger partial charge in [0.25, 0.3) is 0 Å². The molecule has 1 fully saturated rings. The maximum absolute atomic E-state index is 11.8. The van der Waals surface area contributed by atoms with Gasteiger partial charge >= 0.3 is 0 Å². The van der Waals surface area contributed by atoms with E-state index in [1.165, 1.54) is 11.3 Å². The van der Waals surface area contributed by atoms with E-state index < -0.39 is 0 Å². The fourth-order valence-electron chi connectivity index (χ4n) is 1.64. The lowest BCUT2D eigenvalue weighted by Crippen LogP contribution is -2.25. The van der Waals surface area contributed by atoms with Crippen molar-refractivity contribution in [2.24, 2.45) is 5.92 Å². The summed E-state index contributed by atoms with van der Waals surface area (Å²) in [7, 11) is 0. The van der Waals surface area contributed by atoms with Crippen LogP contribution in [-0.4, -0.2) is 22.6 Å². The Balaban J connectivity index is 2.23. The number of hydrogen-bond donors (Lipinski definition) is 0. The first-order chi connectivity index (χ1) is 7.39. The van der Waals surface area contributed by atoms with Crippen LogP contribution >= 0.6 is 11.3 Å². The third-order valence-corrected chi connectivity index (χ3v) is 4.13. The molecule has 0 spiro atoms. The van der Waals surface area contributed by atoms with Crippen LogP contribution in [0.5, 0.6) is 0 Å². The van der Waals surface area contributed by atoms with Gasteiger partial charge in [-0.15, -0.1) is 10.2 Å². The Morgan fingerprint density at radius 1 is 1.38 bits per heavy atom. The van der Waals surface area contributed by atoms with E-state index >= 15 is 0 Å². The summed E-state index contributed by atoms with van der Waals surface area (Å²) in [5, 5.41) is 10.0. The molecule has 1 saturated heterocycles. The minimum Gasteiger partial charge on any atom is -0.286 e. The van der Waals surface area contributed by atoms with Gasteiger partial charge in [-0.3, -0.25) is 9.69 Å². The van der Waals surface area contributed by atoms with E-state index in [1.54, 1.807) is 4.90 Å². The Kier molecular flexibility index (Phi) is 2.74. The molecule has 0 radical (unpaired) electrons. The van der Waals surface area contributed by atoms with Gasteiger partial charge in [0.2, 0.25) is 11.0 Å². The van der Waals surface area contributed by atoms with Crippen LogP contribution in [0, 0.1) is 5.92 Å². The van der Waals surface area contributed by atoms with Gasteiger partial charge in [0.15, 0.2) is 0 Å². The summed E-state index contributed by atoms with van der Waals surface area (Å²) < 4.78 is 0. The smallest absolute Gasteiger partial charge is 0.231 e. The van der Waals surface area contributed by atoms with Crippen molar-refractivity contribution in [2.45, 2.75) is 39.5 Å². The molecular formula is C11H17N3OS. The van der Waals surface area contributed by atoms with Gasteiger partial charge in [0, 0.05) is 17.9 Å². The maximum atomic E-state index is 11.8. The van der Waals surface area contributed by atoms with E-state index in [0.29, 0.717) is 0 Å². The standard InChI is InChI=1S/C11H17N3OS/c1-7-5-6-14(8(7)15)10-13-12-9(16-10)11(2,3)4/h7H,5-6H2,1-4H3. The van der Waals surface area contributed by atoms with Crippen LogP contribution in [0.1, 0.15) is 39.1 Å². The quantitative estimate of drug-likeness (QED) is 0.755. The highest BCUT2D eigenvalue weighted by atomic mass is 32.1. The van der Waals surface area contributed by atoms with E-state index in [4.69, 9.17) is 0 Å². The predicted octanol–water partition coefficient (Wildman–Crippen LogP) is 2.21. The molecule has 1 aromatic heterocycles. The summed E-state index contributed by atoms with van der Waals surface area (Å²) in [5.74, 6) is 0.304. The Hall–Kier alpha value is -0.970. The lowest BCUT2D eigenvalue weighted by Gasteiger charge is -2.13. The van der Waals surface area contributed by atoms with E-state index in [-0.39, 0.29) is 17.2 Å².